The minimum Gasteiger partial charge on any atom is -0.325 e. The van der Waals surface area contributed by atoms with E-state index < -0.39 is 0 Å². The summed E-state index contributed by atoms with van der Waals surface area (Å²) < 4.78 is 0. The normalized spacial score (nSPS) is 12.0. The van der Waals surface area contributed by atoms with Crippen LogP contribution in [0.2, 0.25) is 5.02 Å². The van der Waals surface area contributed by atoms with Crippen LogP contribution in [0.1, 0.15) is 18.1 Å². The van der Waals surface area contributed by atoms with Crippen LogP contribution in [0.3, 0.4) is 0 Å². The van der Waals surface area contributed by atoms with Crippen molar-refractivity contribution < 1.29 is 4.79 Å². The third kappa shape index (κ3) is 4.51. The molecule has 21 heavy (non-hydrogen) atoms. The molecule has 4 heteroatoms. The van der Waals surface area contributed by atoms with Crippen molar-refractivity contribution in [1.29, 1.82) is 0 Å². The number of thioether (sulfide) groups is 1. The zero-order chi connectivity index (χ0) is 15.4. The average molecular weight is 320 g/mol. The van der Waals surface area contributed by atoms with E-state index in [1.165, 1.54) is 17.3 Å². The molecule has 0 fully saturated rings. The lowest BCUT2D eigenvalue weighted by Crippen LogP contribution is -2.22. The maximum Gasteiger partial charge on any atom is 0.237 e. The van der Waals surface area contributed by atoms with E-state index in [0.29, 0.717) is 5.02 Å². The van der Waals surface area contributed by atoms with Crippen LogP contribution in [-0.2, 0) is 4.79 Å². The summed E-state index contributed by atoms with van der Waals surface area (Å²) in [6.07, 6.45) is 0. The van der Waals surface area contributed by atoms with Crippen LogP contribution in [0.5, 0.6) is 0 Å². The zero-order valence-electron chi connectivity index (χ0n) is 12.3. The van der Waals surface area contributed by atoms with Crippen LogP contribution in [0, 0.1) is 13.8 Å². The van der Waals surface area contributed by atoms with Gasteiger partial charge in [0, 0.05) is 15.6 Å². The predicted octanol–water partition coefficient (Wildman–Crippen LogP) is 5.08. The Labute approximate surface area is 134 Å². The Bertz CT molecular complexity index is 640. The molecule has 0 aromatic heterocycles. The fourth-order valence-electron chi connectivity index (χ4n) is 1.96. The summed E-state index contributed by atoms with van der Waals surface area (Å²) in [4.78, 5) is 13.3. The Morgan fingerprint density at radius 3 is 2.43 bits per heavy atom. The van der Waals surface area contributed by atoms with Crippen molar-refractivity contribution in [1.82, 2.24) is 0 Å². The first-order chi connectivity index (χ1) is 9.95. The van der Waals surface area contributed by atoms with Crippen LogP contribution >= 0.6 is 23.4 Å². The number of anilines is 1. The number of aryl methyl sites for hydroxylation is 2. The van der Waals surface area contributed by atoms with Gasteiger partial charge in [-0.05, 0) is 56.7 Å². The molecule has 0 spiro atoms. The van der Waals surface area contributed by atoms with E-state index in [2.05, 4.69) is 11.4 Å². The zero-order valence-corrected chi connectivity index (χ0v) is 13.9. The SMILES string of the molecule is Cc1ccc(NC(=O)[C@H](C)Sc2ccc(Cl)cc2)c(C)c1. The molecule has 2 nitrogen and oxygen atoms in total. The number of hydrogen-bond acceptors (Lipinski definition) is 2. The van der Waals surface area contributed by atoms with Crippen molar-refractivity contribution in [2.75, 3.05) is 5.32 Å². The van der Waals surface area contributed by atoms with Crippen molar-refractivity contribution in [3.8, 4) is 0 Å². The molecule has 2 aromatic rings. The summed E-state index contributed by atoms with van der Waals surface area (Å²) >= 11 is 7.38. The second-order valence-electron chi connectivity index (χ2n) is 5.02. The molecular formula is C17H18ClNOS. The van der Waals surface area contributed by atoms with E-state index in [0.717, 1.165) is 16.1 Å². The third-order valence-electron chi connectivity index (χ3n) is 3.14. The maximum atomic E-state index is 12.3. The van der Waals surface area contributed by atoms with Crippen LogP contribution < -0.4 is 5.32 Å². The Balaban J connectivity index is 2.00. The summed E-state index contributed by atoms with van der Waals surface area (Å²) in [6.45, 7) is 5.94. The molecule has 1 N–H and O–H groups in total. The molecule has 0 saturated heterocycles. The highest BCUT2D eigenvalue weighted by Gasteiger charge is 2.15. The molecule has 0 aliphatic heterocycles. The highest BCUT2D eigenvalue weighted by molar-refractivity contribution is 8.00. The van der Waals surface area contributed by atoms with Gasteiger partial charge in [0.15, 0.2) is 0 Å². The largest absolute Gasteiger partial charge is 0.325 e. The van der Waals surface area contributed by atoms with E-state index in [1.807, 2.05) is 57.2 Å². The summed E-state index contributed by atoms with van der Waals surface area (Å²) in [5, 5.41) is 3.51. The quantitative estimate of drug-likeness (QED) is 0.796. The van der Waals surface area contributed by atoms with Gasteiger partial charge in [-0.2, -0.15) is 0 Å². The number of carbonyl (C=O) groups excluding carboxylic acids is 1. The predicted molar refractivity (Wildman–Crippen MR) is 91.3 cm³/mol. The number of halogens is 1. The van der Waals surface area contributed by atoms with E-state index in [9.17, 15) is 4.79 Å². The minimum absolute atomic E-state index is 0.00176. The molecule has 0 radical (unpaired) electrons. The summed E-state index contributed by atoms with van der Waals surface area (Å²) in [6, 6.07) is 13.5. The van der Waals surface area contributed by atoms with Gasteiger partial charge < -0.3 is 5.32 Å². The Morgan fingerprint density at radius 1 is 1.14 bits per heavy atom. The molecule has 2 aromatic carbocycles. The lowest BCUT2D eigenvalue weighted by atomic mass is 10.1. The van der Waals surface area contributed by atoms with E-state index in [4.69, 9.17) is 11.6 Å². The summed E-state index contributed by atoms with van der Waals surface area (Å²) in [7, 11) is 0. The van der Waals surface area contributed by atoms with Gasteiger partial charge in [-0.25, -0.2) is 0 Å². The van der Waals surface area contributed by atoms with Crippen molar-refractivity contribution in [3.05, 3.63) is 58.6 Å². The van der Waals surface area contributed by atoms with E-state index in [1.54, 1.807) is 0 Å². The molecular weight excluding hydrogens is 302 g/mol. The van der Waals surface area contributed by atoms with Gasteiger partial charge in [-0.15, -0.1) is 11.8 Å². The highest BCUT2D eigenvalue weighted by Crippen LogP contribution is 2.26. The first-order valence-electron chi connectivity index (χ1n) is 6.76. The van der Waals surface area contributed by atoms with Gasteiger partial charge in [0.25, 0.3) is 0 Å². The summed E-state index contributed by atoms with van der Waals surface area (Å²) in [5.41, 5.74) is 3.13. The maximum absolute atomic E-state index is 12.3. The number of rotatable bonds is 4. The molecule has 2 rings (SSSR count). The molecule has 0 aliphatic rings. The van der Waals surface area contributed by atoms with E-state index in [-0.39, 0.29) is 11.2 Å². The topological polar surface area (TPSA) is 29.1 Å². The number of amides is 1. The number of benzene rings is 2. The second-order valence-corrected chi connectivity index (χ2v) is 6.87. The lowest BCUT2D eigenvalue weighted by molar-refractivity contribution is -0.115. The van der Waals surface area contributed by atoms with Crippen LogP contribution in [0.25, 0.3) is 0 Å². The molecule has 0 aliphatic carbocycles. The highest BCUT2D eigenvalue weighted by atomic mass is 35.5. The average Bonchev–Trinajstić information content (AvgIpc) is 2.44. The smallest absolute Gasteiger partial charge is 0.237 e. The van der Waals surface area contributed by atoms with Gasteiger partial charge in [0.1, 0.15) is 0 Å². The van der Waals surface area contributed by atoms with Crippen LogP contribution in [0.4, 0.5) is 5.69 Å². The van der Waals surface area contributed by atoms with Gasteiger partial charge >= 0.3 is 0 Å². The van der Waals surface area contributed by atoms with Crippen molar-refractivity contribution in [2.24, 2.45) is 0 Å². The molecule has 1 atom stereocenters. The van der Waals surface area contributed by atoms with E-state index >= 15 is 0 Å². The monoisotopic (exact) mass is 319 g/mol. The first kappa shape index (κ1) is 15.9. The standard InChI is InChI=1S/C17H18ClNOS/c1-11-4-9-16(12(2)10-11)19-17(20)13(3)21-15-7-5-14(18)6-8-15/h4-10,13H,1-3H3,(H,19,20)/t13-/m0/s1. The molecule has 0 saturated carbocycles. The fourth-order valence-corrected chi connectivity index (χ4v) is 2.95. The number of carbonyl (C=O) groups is 1. The van der Waals surface area contributed by atoms with Gasteiger partial charge in [-0.3, -0.25) is 4.79 Å². The first-order valence-corrected chi connectivity index (χ1v) is 8.02. The second kappa shape index (κ2) is 7.01. The number of hydrogen-bond donors (Lipinski definition) is 1. The molecule has 110 valence electrons. The van der Waals surface area contributed by atoms with Crippen molar-refractivity contribution in [2.45, 2.75) is 30.9 Å². The Kier molecular flexibility index (Phi) is 5.32. The van der Waals surface area contributed by atoms with Crippen LogP contribution in [0.15, 0.2) is 47.4 Å². The van der Waals surface area contributed by atoms with Gasteiger partial charge in [0.05, 0.1) is 5.25 Å². The fraction of sp³-hybridized carbons (Fsp3) is 0.235. The molecule has 0 heterocycles. The van der Waals surface area contributed by atoms with Gasteiger partial charge in [-0.1, -0.05) is 29.3 Å². The van der Waals surface area contributed by atoms with Crippen molar-refractivity contribution in [3.63, 3.8) is 0 Å². The van der Waals surface area contributed by atoms with Crippen molar-refractivity contribution >= 4 is 35.0 Å². The Hall–Kier alpha value is -1.45. The van der Waals surface area contributed by atoms with Crippen LogP contribution in [-0.4, -0.2) is 11.2 Å². The Morgan fingerprint density at radius 2 is 1.81 bits per heavy atom. The molecule has 0 bridgehead atoms. The third-order valence-corrected chi connectivity index (χ3v) is 4.50. The number of nitrogens with one attached hydrogen (secondary N) is 1. The lowest BCUT2D eigenvalue weighted by Gasteiger charge is -2.14. The minimum atomic E-state index is -0.174. The molecule has 0 unspecified atom stereocenters. The summed E-state index contributed by atoms with van der Waals surface area (Å²) in [5.74, 6) is 0.00176. The van der Waals surface area contributed by atoms with Gasteiger partial charge in [0.2, 0.25) is 5.91 Å². The molecule has 1 amide bonds.